The quantitative estimate of drug-likeness (QED) is 0.489. The Morgan fingerprint density at radius 1 is 1.19 bits per heavy atom. The van der Waals surface area contributed by atoms with E-state index in [1.807, 2.05) is 32.9 Å². The molecule has 1 aromatic carbocycles. The SMILES string of the molecule is CCNC(=O)c1c(NC(=O)C2CC(c3ccc(C)c(C)c3O)NN2)sc2c1CCCC2. The molecule has 166 valence electrons. The summed E-state index contributed by atoms with van der Waals surface area (Å²) >= 11 is 1.53. The lowest BCUT2D eigenvalue weighted by molar-refractivity contribution is -0.117. The van der Waals surface area contributed by atoms with E-state index in [0.29, 0.717) is 23.5 Å². The molecular formula is C23H30N4O3S. The van der Waals surface area contributed by atoms with Crippen molar-refractivity contribution in [1.29, 1.82) is 0 Å². The molecule has 2 heterocycles. The molecule has 4 rings (SSSR count). The molecule has 1 saturated heterocycles. The van der Waals surface area contributed by atoms with Gasteiger partial charge in [-0.25, -0.2) is 10.9 Å². The maximum absolute atomic E-state index is 13.0. The van der Waals surface area contributed by atoms with Crippen LogP contribution in [0.25, 0.3) is 0 Å². The van der Waals surface area contributed by atoms with Crippen molar-refractivity contribution in [1.82, 2.24) is 16.2 Å². The van der Waals surface area contributed by atoms with Gasteiger partial charge < -0.3 is 15.7 Å². The summed E-state index contributed by atoms with van der Waals surface area (Å²) in [6, 6.07) is 3.24. The van der Waals surface area contributed by atoms with Gasteiger partial charge in [-0.3, -0.25) is 9.59 Å². The van der Waals surface area contributed by atoms with Crippen LogP contribution < -0.4 is 21.5 Å². The van der Waals surface area contributed by atoms with Crippen molar-refractivity contribution in [2.75, 3.05) is 11.9 Å². The molecule has 2 aromatic rings. The van der Waals surface area contributed by atoms with E-state index in [1.54, 1.807) is 0 Å². The fourth-order valence-corrected chi connectivity index (χ4v) is 5.67. The molecule has 1 aliphatic carbocycles. The maximum Gasteiger partial charge on any atom is 0.254 e. The van der Waals surface area contributed by atoms with Crippen LogP contribution in [-0.4, -0.2) is 29.5 Å². The number of rotatable bonds is 5. The van der Waals surface area contributed by atoms with Gasteiger partial charge in [0.1, 0.15) is 16.8 Å². The topological polar surface area (TPSA) is 102 Å². The molecule has 1 fully saturated rings. The molecule has 2 atom stereocenters. The van der Waals surface area contributed by atoms with Crippen molar-refractivity contribution in [2.45, 2.75) is 65.0 Å². The van der Waals surface area contributed by atoms with Gasteiger partial charge in [0.25, 0.3) is 5.91 Å². The van der Waals surface area contributed by atoms with Crippen LogP contribution in [0.3, 0.4) is 0 Å². The first kappa shape index (κ1) is 21.8. The van der Waals surface area contributed by atoms with Gasteiger partial charge >= 0.3 is 0 Å². The van der Waals surface area contributed by atoms with E-state index < -0.39 is 6.04 Å². The number of carbonyl (C=O) groups excluding carboxylic acids is 2. The number of nitrogens with one attached hydrogen (secondary N) is 4. The number of hydrogen-bond acceptors (Lipinski definition) is 6. The zero-order chi connectivity index (χ0) is 22.1. The number of amides is 2. The Balaban J connectivity index is 1.51. The average molecular weight is 443 g/mol. The zero-order valence-corrected chi connectivity index (χ0v) is 19.0. The van der Waals surface area contributed by atoms with E-state index >= 15 is 0 Å². The first-order valence-corrected chi connectivity index (χ1v) is 11.8. The summed E-state index contributed by atoms with van der Waals surface area (Å²) in [5.74, 6) is -0.0279. The molecule has 2 unspecified atom stereocenters. The third-order valence-electron chi connectivity index (χ3n) is 6.30. The smallest absolute Gasteiger partial charge is 0.254 e. The highest BCUT2D eigenvalue weighted by Gasteiger charge is 2.33. The molecule has 0 saturated carbocycles. The lowest BCUT2D eigenvalue weighted by Crippen LogP contribution is -2.39. The Bertz CT molecular complexity index is 1020. The van der Waals surface area contributed by atoms with E-state index in [4.69, 9.17) is 0 Å². The number of carbonyl (C=O) groups is 2. The van der Waals surface area contributed by atoms with Crippen LogP contribution in [-0.2, 0) is 17.6 Å². The van der Waals surface area contributed by atoms with Gasteiger partial charge in [0.15, 0.2) is 0 Å². The predicted molar refractivity (Wildman–Crippen MR) is 123 cm³/mol. The predicted octanol–water partition coefficient (Wildman–Crippen LogP) is 3.25. The highest BCUT2D eigenvalue weighted by molar-refractivity contribution is 7.17. The van der Waals surface area contributed by atoms with Crippen molar-refractivity contribution in [3.63, 3.8) is 0 Å². The highest BCUT2D eigenvalue weighted by Crippen LogP contribution is 2.39. The number of aromatic hydroxyl groups is 1. The van der Waals surface area contributed by atoms with E-state index in [9.17, 15) is 14.7 Å². The van der Waals surface area contributed by atoms with Gasteiger partial charge in [-0.05, 0) is 69.6 Å². The van der Waals surface area contributed by atoms with Crippen molar-refractivity contribution in [3.8, 4) is 5.75 Å². The number of fused-ring (bicyclic) bond motifs is 1. The number of hydrazine groups is 1. The maximum atomic E-state index is 13.0. The van der Waals surface area contributed by atoms with Gasteiger partial charge in [0.05, 0.1) is 11.6 Å². The largest absolute Gasteiger partial charge is 0.507 e. The van der Waals surface area contributed by atoms with Crippen LogP contribution in [0.1, 0.15) is 69.7 Å². The second kappa shape index (κ2) is 8.98. The fourth-order valence-electron chi connectivity index (χ4n) is 4.38. The lowest BCUT2D eigenvalue weighted by Gasteiger charge is -2.15. The molecule has 2 amide bonds. The van der Waals surface area contributed by atoms with Crippen LogP contribution >= 0.6 is 11.3 Å². The highest BCUT2D eigenvalue weighted by atomic mass is 32.1. The molecule has 1 aliphatic heterocycles. The average Bonchev–Trinajstić information content (AvgIpc) is 3.37. The summed E-state index contributed by atoms with van der Waals surface area (Å²) in [7, 11) is 0. The fraction of sp³-hybridized carbons (Fsp3) is 0.478. The minimum atomic E-state index is -0.466. The van der Waals surface area contributed by atoms with E-state index in [2.05, 4.69) is 21.5 Å². The number of phenols is 1. The van der Waals surface area contributed by atoms with Gasteiger partial charge in [-0.15, -0.1) is 11.3 Å². The Labute approximate surface area is 186 Å². The summed E-state index contributed by atoms with van der Waals surface area (Å²) < 4.78 is 0. The number of hydrogen-bond donors (Lipinski definition) is 5. The monoisotopic (exact) mass is 442 g/mol. The van der Waals surface area contributed by atoms with E-state index in [1.165, 1.54) is 16.2 Å². The molecule has 31 heavy (non-hydrogen) atoms. The summed E-state index contributed by atoms with van der Waals surface area (Å²) in [5.41, 5.74) is 10.6. The van der Waals surface area contributed by atoms with Crippen LogP contribution in [0.4, 0.5) is 5.00 Å². The van der Waals surface area contributed by atoms with Crippen LogP contribution in [0.15, 0.2) is 12.1 Å². The zero-order valence-electron chi connectivity index (χ0n) is 18.2. The molecule has 1 aromatic heterocycles. The minimum Gasteiger partial charge on any atom is -0.507 e. The van der Waals surface area contributed by atoms with Gasteiger partial charge in [0.2, 0.25) is 5.91 Å². The number of thiophene rings is 1. The summed E-state index contributed by atoms with van der Waals surface area (Å²) in [4.78, 5) is 27.0. The van der Waals surface area contributed by atoms with Crippen LogP contribution in [0.5, 0.6) is 5.75 Å². The summed E-state index contributed by atoms with van der Waals surface area (Å²) in [6.45, 7) is 6.29. The Morgan fingerprint density at radius 3 is 2.74 bits per heavy atom. The molecule has 2 aliphatic rings. The second-order valence-corrected chi connectivity index (χ2v) is 9.44. The van der Waals surface area contributed by atoms with Crippen molar-refractivity contribution >= 4 is 28.2 Å². The van der Waals surface area contributed by atoms with Crippen molar-refractivity contribution < 1.29 is 14.7 Å². The molecule has 0 spiro atoms. The van der Waals surface area contributed by atoms with Crippen molar-refractivity contribution in [3.05, 3.63) is 44.8 Å². The summed E-state index contributed by atoms with van der Waals surface area (Å²) in [5, 5.41) is 17.1. The standard InChI is InChI=1S/C23H30N4O3S/c1-4-24-22(30)19-15-7-5-6-8-18(15)31-23(19)25-21(29)17-11-16(26-27-17)14-10-9-12(2)13(3)20(14)28/h9-10,16-17,26-28H,4-8,11H2,1-3H3,(H,24,30)(H,25,29). The van der Waals surface area contributed by atoms with Gasteiger partial charge in [0, 0.05) is 17.0 Å². The molecule has 0 bridgehead atoms. The third-order valence-corrected chi connectivity index (χ3v) is 7.51. The molecule has 0 radical (unpaired) electrons. The second-order valence-electron chi connectivity index (χ2n) is 8.34. The number of phenolic OH excluding ortho intramolecular Hbond substituents is 1. The third kappa shape index (κ3) is 4.20. The Hall–Kier alpha value is -2.42. The van der Waals surface area contributed by atoms with Crippen molar-refractivity contribution in [2.24, 2.45) is 0 Å². The van der Waals surface area contributed by atoms with E-state index in [0.717, 1.165) is 47.9 Å². The van der Waals surface area contributed by atoms with Crippen LogP contribution in [0, 0.1) is 13.8 Å². The number of aryl methyl sites for hydroxylation is 2. The number of anilines is 1. The molecule has 5 N–H and O–H groups in total. The molecule has 8 heteroatoms. The first-order valence-electron chi connectivity index (χ1n) is 10.9. The Kier molecular flexibility index (Phi) is 6.31. The van der Waals surface area contributed by atoms with Crippen LogP contribution in [0.2, 0.25) is 0 Å². The lowest BCUT2D eigenvalue weighted by atomic mass is 9.95. The Morgan fingerprint density at radius 2 is 1.97 bits per heavy atom. The van der Waals surface area contributed by atoms with E-state index in [-0.39, 0.29) is 23.6 Å². The van der Waals surface area contributed by atoms with Gasteiger partial charge in [-0.2, -0.15) is 0 Å². The normalized spacial score (nSPS) is 20.4. The van der Waals surface area contributed by atoms with Gasteiger partial charge in [-0.1, -0.05) is 12.1 Å². The number of benzene rings is 1. The summed E-state index contributed by atoms with van der Waals surface area (Å²) in [6.07, 6.45) is 4.53. The first-order chi connectivity index (χ1) is 14.9. The minimum absolute atomic E-state index is 0.118. The molecule has 7 nitrogen and oxygen atoms in total. The molecular weight excluding hydrogens is 412 g/mol.